The van der Waals surface area contributed by atoms with E-state index in [1.54, 1.807) is 6.20 Å². The maximum Gasteiger partial charge on any atom is 0.272 e. The van der Waals surface area contributed by atoms with E-state index in [1.165, 1.54) is 0 Å². The Morgan fingerprint density at radius 2 is 2.23 bits per heavy atom. The summed E-state index contributed by atoms with van der Waals surface area (Å²) in [4.78, 5) is 18.7. The molecule has 1 aromatic heterocycles. The van der Waals surface area contributed by atoms with Gasteiger partial charge in [-0.2, -0.15) is 0 Å². The summed E-state index contributed by atoms with van der Waals surface area (Å²) in [7, 11) is 0. The molecule has 1 amide bonds. The molecule has 2 aliphatic heterocycles. The first-order valence-corrected chi connectivity index (χ1v) is 8.33. The largest absolute Gasteiger partial charge is 0.382 e. The molecule has 3 heterocycles. The molecule has 0 bridgehead atoms. The van der Waals surface area contributed by atoms with Gasteiger partial charge in [0.25, 0.3) is 5.91 Å². The second-order valence-electron chi connectivity index (χ2n) is 6.42. The molecule has 0 radical (unpaired) electrons. The summed E-state index contributed by atoms with van der Waals surface area (Å²) in [5, 5.41) is 3.36. The van der Waals surface area contributed by atoms with E-state index >= 15 is 0 Å². The molecule has 1 N–H and O–H groups in total. The van der Waals surface area contributed by atoms with Crippen molar-refractivity contribution in [1.29, 1.82) is 0 Å². The smallest absolute Gasteiger partial charge is 0.272 e. The van der Waals surface area contributed by atoms with Crippen LogP contribution in [-0.4, -0.2) is 48.1 Å². The van der Waals surface area contributed by atoms with Crippen LogP contribution in [-0.2, 0) is 4.74 Å². The van der Waals surface area contributed by atoms with Crippen LogP contribution in [0.1, 0.15) is 43.1 Å². The van der Waals surface area contributed by atoms with Crippen LogP contribution in [0.25, 0.3) is 0 Å². The molecule has 5 nitrogen and oxygen atoms in total. The Labute approximate surface area is 132 Å². The molecule has 2 saturated heterocycles. The molecule has 5 heteroatoms. The highest BCUT2D eigenvalue weighted by Gasteiger charge is 2.22. The van der Waals surface area contributed by atoms with Crippen LogP contribution in [0.3, 0.4) is 0 Å². The fourth-order valence-electron chi connectivity index (χ4n) is 3.07. The van der Waals surface area contributed by atoms with Gasteiger partial charge >= 0.3 is 0 Å². The summed E-state index contributed by atoms with van der Waals surface area (Å²) < 4.78 is 5.60. The number of likely N-dealkylation sites (tertiary alicyclic amines) is 1. The molecular formula is C17H25N3O2. The molecule has 2 aliphatic rings. The molecule has 1 unspecified atom stereocenters. The molecule has 22 heavy (non-hydrogen) atoms. The highest BCUT2D eigenvalue weighted by molar-refractivity contribution is 5.93. The Balaban J connectivity index is 1.59. The van der Waals surface area contributed by atoms with Gasteiger partial charge in [-0.1, -0.05) is 6.92 Å². The minimum atomic E-state index is 0.0488. The molecule has 0 aromatic carbocycles. The van der Waals surface area contributed by atoms with Crippen LogP contribution in [0, 0.1) is 5.92 Å². The molecule has 1 atom stereocenters. The number of aromatic nitrogens is 1. The van der Waals surface area contributed by atoms with Crippen molar-refractivity contribution in [3.05, 3.63) is 24.0 Å². The SMILES string of the molecule is CC1CCN(C(=O)c2cc(NCC3CCCO3)ccn2)CC1. The van der Waals surface area contributed by atoms with Crippen molar-refractivity contribution in [2.45, 2.75) is 38.7 Å². The highest BCUT2D eigenvalue weighted by Crippen LogP contribution is 2.19. The quantitative estimate of drug-likeness (QED) is 0.929. The number of rotatable bonds is 4. The van der Waals surface area contributed by atoms with Crippen molar-refractivity contribution < 1.29 is 9.53 Å². The zero-order chi connectivity index (χ0) is 15.4. The number of carbonyl (C=O) groups is 1. The fraction of sp³-hybridized carbons (Fsp3) is 0.647. The molecule has 1 aromatic rings. The number of anilines is 1. The van der Waals surface area contributed by atoms with Gasteiger partial charge in [0.1, 0.15) is 5.69 Å². The number of carbonyl (C=O) groups excluding carboxylic acids is 1. The van der Waals surface area contributed by atoms with Crippen molar-refractivity contribution in [3.8, 4) is 0 Å². The molecule has 0 spiro atoms. The van der Waals surface area contributed by atoms with Crippen molar-refractivity contribution in [2.75, 3.05) is 31.6 Å². The molecule has 3 rings (SSSR count). The first kappa shape index (κ1) is 15.3. The zero-order valence-electron chi connectivity index (χ0n) is 13.3. The Hall–Kier alpha value is -1.62. The lowest BCUT2D eigenvalue weighted by atomic mass is 9.99. The van der Waals surface area contributed by atoms with E-state index in [9.17, 15) is 4.79 Å². The highest BCUT2D eigenvalue weighted by atomic mass is 16.5. The summed E-state index contributed by atoms with van der Waals surface area (Å²) in [6.45, 7) is 5.58. The maximum atomic E-state index is 12.5. The van der Waals surface area contributed by atoms with Crippen molar-refractivity contribution in [3.63, 3.8) is 0 Å². The van der Waals surface area contributed by atoms with Gasteiger partial charge in [-0.25, -0.2) is 0 Å². The van der Waals surface area contributed by atoms with Crippen LogP contribution in [0.5, 0.6) is 0 Å². The van der Waals surface area contributed by atoms with Crippen LogP contribution in [0.2, 0.25) is 0 Å². The number of nitrogens with one attached hydrogen (secondary N) is 1. The van der Waals surface area contributed by atoms with Crippen LogP contribution in [0.15, 0.2) is 18.3 Å². The van der Waals surface area contributed by atoms with Gasteiger partial charge in [0.05, 0.1) is 6.10 Å². The van der Waals surface area contributed by atoms with Gasteiger partial charge < -0.3 is 15.0 Å². The second kappa shape index (κ2) is 7.09. The van der Waals surface area contributed by atoms with E-state index in [1.807, 2.05) is 17.0 Å². The number of piperidine rings is 1. The van der Waals surface area contributed by atoms with Crippen molar-refractivity contribution >= 4 is 11.6 Å². The summed E-state index contributed by atoms with van der Waals surface area (Å²) >= 11 is 0. The van der Waals surface area contributed by atoms with Crippen LogP contribution >= 0.6 is 0 Å². The zero-order valence-corrected chi connectivity index (χ0v) is 13.3. The van der Waals surface area contributed by atoms with Crippen molar-refractivity contribution in [1.82, 2.24) is 9.88 Å². The average molecular weight is 303 g/mol. The van der Waals surface area contributed by atoms with Gasteiger partial charge in [-0.05, 0) is 43.7 Å². The third-order valence-electron chi connectivity index (χ3n) is 4.61. The summed E-state index contributed by atoms with van der Waals surface area (Å²) in [5.41, 5.74) is 1.48. The lowest BCUT2D eigenvalue weighted by molar-refractivity contribution is 0.0691. The van der Waals surface area contributed by atoms with Gasteiger partial charge in [0, 0.05) is 38.1 Å². The van der Waals surface area contributed by atoms with Gasteiger partial charge in [0.15, 0.2) is 0 Å². The van der Waals surface area contributed by atoms with Crippen LogP contribution < -0.4 is 5.32 Å². The minimum absolute atomic E-state index is 0.0488. The monoisotopic (exact) mass is 303 g/mol. The number of ether oxygens (including phenoxy) is 1. The molecule has 0 saturated carbocycles. The van der Waals surface area contributed by atoms with E-state index in [4.69, 9.17) is 4.74 Å². The number of amides is 1. The number of hydrogen-bond donors (Lipinski definition) is 1. The summed E-state index contributed by atoms with van der Waals surface area (Å²) in [5.74, 6) is 0.768. The van der Waals surface area contributed by atoms with E-state index in [0.717, 1.165) is 63.5 Å². The Morgan fingerprint density at radius 1 is 1.41 bits per heavy atom. The average Bonchev–Trinajstić information content (AvgIpc) is 3.07. The first-order chi connectivity index (χ1) is 10.7. The second-order valence-corrected chi connectivity index (χ2v) is 6.42. The van der Waals surface area contributed by atoms with Crippen molar-refractivity contribution in [2.24, 2.45) is 5.92 Å². The summed E-state index contributed by atoms with van der Waals surface area (Å²) in [6, 6.07) is 3.76. The molecule has 2 fully saturated rings. The fourth-order valence-corrected chi connectivity index (χ4v) is 3.07. The van der Waals surface area contributed by atoms with E-state index in [-0.39, 0.29) is 12.0 Å². The summed E-state index contributed by atoms with van der Waals surface area (Å²) in [6.07, 6.45) is 6.41. The van der Waals surface area contributed by atoms with E-state index in [2.05, 4.69) is 17.2 Å². The standard InChI is InChI=1S/C17H25N3O2/c1-13-5-8-20(9-6-13)17(21)16-11-14(4-7-18-16)19-12-15-3-2-10-22-15/h4,7,11,13,15H,2-3,5-6,8-10,12H2,1H3,(H,18,19). The van der Waals surface area contributed by atoms with Crippen LogP contribution in [0.4, 0.5) is 5.69 Å². The third kappa shape index (κ3) is 3.77. The van der Waals surface area contributed by atoms with Gasteiger partial charge in [0.2, 0.25) is 0 Å². The molecular weight excluding hydrogens is 278 g/mol. The van der Waals surface area contributed by atoms with Gasteiger partial charge in [-0.3, -0.25) is 9.78 Å². The van der Waals surface area contributed by atoms with E-state index in [0.29, 0.717) is 5.69 Å². The lowest BCUT2D eigenvalue weighted by Crippen LogP contribution is -2.38. The third-order valence-corrected chi connectivity index (χ3v) is 4.61. The predicted molar refractivity (Wildman–Crippen MR) is 86.0 cm³/mol. The predicted octanol–water partition coefficient (Wildman–Crippen LogP) is 2.54. The first-order valence-electron chi connectivity index (χ1n) is 8.33. The molecule has 0 aliphatic carbocycles. The Bertz CT molecular complexity index is 506. The van der Waals surface area contributed by atoms with E-state index < -0.39 is 0 Å². The Kier molecular flexibility index (Phi) is 4.93. The number of pyridine rings is 1. The van der Waals surface area contributed by atoms with Gasteiger partial charge in [-0.15, -0.1) is 0 Å². The topological polar surface area (TPSA) is 54.5 Å². The normalized spacial score (nSPS) is 22.8. The number of hydrogen-bond acceptors (Lipinski definition) is 4. The number of nitrogens with zero attached hydrogens (tertiary/aromatic N) is 2. The molecule has 120 valence electrons. The maximum absolute atomic E-state index is 12.5. The minimum Gasteiger partial charge on any atom is -0.382 e. The Morgan fingerprint density at radius 3 is 2.95 bits per heavy atom. The lowest BCUT2D eigenvalue weighted by Gasteiger charge is -2.30.